The Bertz CT molecular complexity index is 594. The molecule has 0 bridgehead atoms. The van der Waals surface area contributed by atoms with Crippen LogP contribution in [0.2, 0.25) is 0 Å². The van der Waals surface area contributed by atoms with Crippen LogP contribution in [0.1, 0.15) is 12.5 Å². The van der Waals surface area contributed by atoms with Crippen LogP contribution >= 0.6 is 11.8 Å². The van der Waals surface area contributed by atoms with Gasteiger partial charge in [0.1, 0.15) is 5.82 Å². The number of anilines is 1. The predicted molar refractivity (Wildman–Crippen MR) is 79.1 cm³/mol. The van der Waals surface area contributed by atoms with Crippen LogP contribution in [-0.4, -0.2) is 46.3 Å². The molecule has 1 aliphatic rings. The molecular formula is C13H17N5OS. The van der Waals surface area contributed by atoms with Gasteiger partial charge in [-0.2, -0.15) is 5.10 Å². The number of rotatable bonds is 4. The fourth-order valence-corrected chi connectivity index (χ4v) is 2.74. The maximum absolute atomic E-state index is 5.44. The van der Waals surface area contributed by atoms with Crippen molar-refractivity contribution in [1.29, 1.82) is 0 Å². The number of nitrogens with zero attached hydrogens (tertiary/aromatic N) is 4. The zero-order valence-electron chi connectivity index (χ0n) is 11.5. The van der Waals surface area contributed by atoms with Gasteiger partial charge in [0.15, 0.2) is 5.16 Å². The van der Waals surface area contributed by atoms with E-state index >= 15 is 0 Å². The molecule has 0 aliphatic carbocycles. The minimum atomic E-state index is 0.299. The van der Waals surface area contributed by atoms with Gasteiger partial charge in [0.25, 0.3) is 0 Å². The van der Waals surface area contributed by atoms with E-state index in [0.29, 0.717) is 6.04 Å². The van der Waals surface area contributed by atoms with Crippen LogP contribution in [0.15, 0.2) is 23.6 Å². The highest BCUT2D eigenvalue weighted by molar-refractivity contribution is 7.98. The van der Waals surface area contributed by atoms with Crippen LogP contribution in [0.3, 0.4) is 0 Å². The Morgan fingerprint density at radius 1 is 1.50 bits per heavy atom. The highest BCUT2D eigenvalue weighted by Crippen LogP contribution is 2.31. The molecule has 0 amide bonds. The molecule has 1 atom stereocenters. The standard InChI is InChI=1S/C13H17N5OS/c1-14-12-10(11-3-5-15-13(17-11)20-2)7-16-18(12)9-4-6-19-8-9/h3,5,7,9,14H,4,6,8H2,1-2H3. The van der Waals surface area contributed by atoms with E-state index in [-0.39, 0.29) is 0 Å². The van der Waals surface area contributed by atoms with Crippen molar-refractivity contribution in [1.82, 2.24) is 19.7 Å². The molecule has 20 heavy (non-hydrogen) atoms. The van der Waals surface area contributed by atoms with Gasteiger partial charge in [-0.3, -0.25) is 0 Å². The minimum absolute atomic E-state index is 0.299. The second-order valence-electron chi connectivity index (χ2n) is 4.55. The number of hydrogen-bond acceptors (Lipinski definition) is 6. The van der Waals surface area contributed by atoms with E-state index in [2.05, 4.69) is 20.4 Å². The van der Waals surface area contributed by atoms with Crippen molar-refractivity contribution in [3.8, 4) is 11.3 Å². The lowest BCUT2D eigenvalue weighted by atomic mass is 10.2. The Balaban J connectivity index is 2.00. The molecular weight excluding hydrogens is 274 g/mol. The maximum Gasteiger partial charge on any atom is 0.187 e. The van der Waals surface area contributed by atoms with Crippen molar-refractivity contribution in [2.45, 2.75) is 17.6 Å². The lowest BCUT2D eigenvalue weighted by Crippen LogP contribution is -2.13. The van der Waals surface area contributed by atoms with Crippen LogP contribution in [-0.2, 0) is 4.74 Å². The van der Waals surface area contributed by atoms with E-state index < -0.39 is 0 Å². The number of hydrogen-bond donors (Lipinski definition) is 1. The van der Waals surface area contributed by atoms with E-state index in [1.54, 1.807) is 6.20 Å². The molecule has 3 heterocycles. The molecule has 0 saturated carbocycles. The summed E-state index contributed by atoms with van der Waals surface area (Å²) < 4.78 is 7.45. The summed E-state index contributed by atoms with van der Waals surface area (Å²) in [5.41, 5.74) is 1.89. The topological polar surface area (TPSA) is 64.9 Å². The molecule has 1 unspecified atom stereocenters. The molecule has 106 valence electrons. The third kappa shape index (κ3) is 2.38. The van der Waals surface area contributed by atoms with Crippen LogP contribution in [0.25, 0.3) is 11.3 Å². The average molecular weight is 291 g/mol. The molecule has 0 aromatic carbocycles. The number of thioether (sulfide) groups is 1. The smallest absolute Gasteiger partial charge is 0.187 e. The molecule has 1 fully saturated rings. The van der Waals surface area contributed by atoms with Gasteiger partial charge in [0.2, 0.25) is 0 Å². The van der Waals surface area contributed by atoms with E-state index in [0.717, 1.165) is 41.9 Å². The second-order valence-corrected chi connectivity index (χ2v) is 5.32. The van der Waals surface area contributed by atoms with E-state index in [4.69, 9.17) is 4.74 Å². The van der Waals surface area contributed by atoms with Gasteiger partial charge in [-0.25, -0.2) is 14.6 Å². The summed E-state index contributed by atoms with van der Waals surface area (Å²) >= 11 is 1.53. The molecule has 2 aromatic heterocycles. The minimum Gasteiger partial charge on any atom is -0.379 e. The van der Waals surface area contributed by atoms with Gasteiger partial charge in [0.05, 0.1) is 30.1 Å². The van der Waals surface area contributed by atoms with Crippen molar-refractivity contribution >= 4 is 17.6 Å². The van der Waals surface area contributed by atoms with Crippen molar-refractivity contribution < 1.29 is 4.74 Å². The largest absolute Gasteiger partial charge is 0.379 e. The molecule has 1 saturated heterocycles. The second kappa shape index (κ2) is 5.80. The monoisotopic (exact) mass is 291 g/mol. The van der Waals surface area contributed by atoms with Gasteiger partial charge in [-0.05, 0) is 18.7 Å². The van der Waals surface area contributed by atoms with Crippen molar-refractivity contribution in [2.24, 2.45) is 0 Å². The molecule has 2 aromatic rings. The first kappa shape index (κ1) is 13.4. The molecule has 0 spiro atoms. The summed E-state index contributed by atoms with van der Waals surface area (Å²) in [5, 5.41) is 8.51. The van der Waals surface area contributed by atoms with Gasteiger partial charge >= 0.3 is 0 Å². The zero-order valence-corrected chi connectivity index (χ0v) is 12.4. The Morgan fingerprint density at radius 3 is 3.10 bits per heavy atom. The summed E-state index contributed by atoms with van der Waals surface area (Å²) in [5.74, 6) is 0.978. The first-order valence-electron chi connectivity index (χ1n) is 6.54. The lowest BCUT2D eigenvalue weighted by Gasteiger charge is -2.13. The third-order valence-corrected chi connectivity index (χ3v) is 3.94. The van der Waals surface area contributed by atoms with Crippen LogP contribution in [0.4, 0.5) is 5.82 Å². The van der Waals surface area contributed by atoms with Gasteiger partial charge in [-0.15, -0.1) is 0 Å². The molecule has 1 N–H and O–H groups in total. The first-order chi connectivity index (χ1) is 9.83. The average Bonchev–Trinajstić information content (AvgIpc) is 3.15. The summed E-state index contributed by atoms with van der Waals surface area (Å²) in [6.45, 7) is 1.52. The normalized spacial score (nSPS) is 18.4. The number of aromatic nitrogens is 4. The predicted octanol–water partition coefficient (Wildman–Crippen LogP) is 2.07. The zero-order chi connectivity index (χ0) is 13.9. The van der Waals surface area contributed by atoms with Gasteiger partial charge in [-0.1, -0.05) is 11.8 Å². The molecule has 6 nitrogen and oxygen atoms in total. The summed E-state index contributed by atoms with van der Waals surface area (Å²) in [4.78, 5) is 8.74. The van der Waals surface area contributed by atoms with E-state index in [9.17, 15) is 0 Å². The van der Waals surface area contributed by atoms with Crippen molar-refractivity contribution in [3.63, 3.8) is 0 Å². The van der Waals surface area contributed by atoms with Crippen LogP contribution < -0.4 is 5.32 Å². The summed E-state index contributed by atoms with van der Waals surface area (Å²) in [6, 6.07) is 2.21. The highest BCUT2D eigenvalue weighted by atomic mass is 32.2. The van der Waals surface area contributed by atoms with Gasteiger partial charge in [0, 0.05) is 19.9 Å². The molecule has 0 radical (unpaired) electrons. The SMILES string of the molecule is CNc1c(-c2ccnc(SC)n2)cnn1C1CCOC1. The number of ether oxygens (including phenoxy) is 1. The quantitative estimate of drug-likeness (QED) is 0.687. The van der Waals surface area contributed by atoms with Crippen molar-refractivity contribution in [3.05, 3.63) is 18.5 Å². The Hall–Kier alpha value is -1.60. The van der Waals surface area contributed by atoms with Gasteiger partial charge < -0.3 is 10.1 Å². The van der Waals surface area contributed by atoms with Crippen LogP contribution in [0, 0.1) is 0 Å². The molecule has 1 aliphatic heterocycles. The van der Waals surface area contributed by atoms with Crippen molar-refractivity contribution in [2.75, 3.05) is 31.8 Å². The summed E-state index contributed by atoms with van der Waals surface area (Å²) in [7, 11) is 1.91. The molecule has 7 heteroatoms. The van der Waals surface area contributed by atoms with E-state index in [1.165, 1.54) is 11.8 Å². The fourth-order valence-electron chi connectivity index (χ4n) is 2.38. The van der Waals surface area contributed by atoms with Crippen LogP contribution in [0.5, 0.6) is 0 Å². The van der Waals surface area contributed by atoms with E-state index in [1.807, 2.05) is 30.2 Å². The highest BCUT2D eigenvalue weighted by Gasteiger charge is 2.23. The first-order valence-corrected chi connectivity index (χ1v) is 7.76. The fraction of sp³-hybridized carbons (Fsp3) is 0.462. The Labute approximate surface area is 122 Å². The Morgan fingerprint density at radius 2 is 2.40 bits per heavy atom. The maximum atomic E-state index is 5.44. The number of nitrogens with one attached hydrogen (secondary N) is 1. The molecule has 3 rings (SSSR count). The third-order valence-electron chi connectivity index (χ3n) is 3.38. The Kier molecular flexibility index (Phi) is 3.88. The lowest BCUT2D eigenvalue weighted by molar-refractivity contribution is 0.185. The summed E-state index contributed by atoms with van der Waals surface area (Å²) in [6.07, 6.45) is 6.60.